The number of rotatable bonds is 1. The van der Waals surface area contributed by atoms with Gasteiger partial charge in [0.25, 0.3) is 0 Å². The van der Waals surface area contributed by atoms with Gasteiger partial charge >= 0.3 is 5.97 Å². The molecule has 0 atom stereocenters. The highest BCUT2D eigenvalue weighted by Crippen LogP contribution is 2.08. The summed E-state index contributed by atoms with van der Waals surface area (Å²) < 4.78 is 0. The van der Waals surface area contributed by atoms with Gasteiger partial charge in [0.15, 0.2) is 0 Å². The van der Waals surface area contributed by atoms with Crippen LogP contribution >= 0.6 is 0 Å². The van der Waals surface area contributed by atoms with Crippen LogP contribution in [0.25, 0.3) is 0 Å². The van der Waals surface area contributed by atoms with E-state index in [1.807, 2.05) is 19.1 Å². The van der Waals surface area contributed by atoms with E-state index in [1.54, 1.807) is 12.1 Å². The van der Waals surface area contributed by atoms with Crippen molar-refractivity contribution in [3.63, 3.8) is 0 Å². The first-order valence-electron chi connectivity index (χ1n) is 4.23. The molecule has 4 heteroatoms. The normalized spacial score (nSPS) is 7.60. The minimum Gasteiger partial charge on any atom is -0.508 e. The third-order valence-electron chi connectivity index (χ3n) is 1.18. The smallest absolute Gasteiger partial charge is 0.317 e. The molecule has 0 radical (unpaired) electrons. The largest absolute Gasteiger partial charge is 0.508 e. The number of benzene rings is 1. The third kappa shape index (κ3) is 12.2. The lowest BCUT2D eigenvalue weighted by Crippen LogP contribution is -2.10. The van der Waals surface area contributed by atoms with Crippen molar-refractivity contribution in [3.05, 3.63) is 43.0 Å². The van der Waals surface area contributed by atoms with Crippen LogP contribution in [0.3, 0.4) is 0 Å². The number of aryl methyl sites for hydroxylation is 1. The lowest BCUT2D eigenvalue weighted by molar-refractivity contribution is -0.135. The SMILES string of the molecule is C=C.Cc1cccc(O)c1.NCC(=O)O. The zero-order chi connectivity index (χ0) is 12.3. The van der Waals surface area contributed by atoms with E-state index in [4.69, 9.17) is 10.2 Å². The molecular weight excluding hydrogens is 194 g/mol. The van der Waals surface area contributed by atoms with Gasteiger partial charge in [0.1, 0.15) is 5.75 Å². The molecule has 0 fully saturated rings. The summed E-state index contributed by atoms with van der Waals surface area (Å²) in [7, 11) is 0. The molecule has 0 saturated heterocycles. The van der Waals surface area contributed by atoms with Crippen LogP contribution in [0.2, 0.25) is 0 Å². The Morgan fingerprint density at radius 2 is 1.93 bits per heavy atom. The standard InChI is InChI=1S/C7H8O.C2H5NO2.C2H4/c1-6-3-2-4-7(8)5-6;3-1-2(4)5;1-2/h2-5,8H,1H3;1,3H2,(H,4,5);1-2H2. The Balaban J connectivity index is 0. The number of carboxylic acids is 1. The van der Waals surface area contributed by atoms with Crippen molar-refractivity contribution in [1.82, 2.24) is 0 Å². The number of hydrogen-bond donors (Lipinski definition) is 3. The number of phenolic OH excluding ortho intramolecular Hbond substituents is 1. The van der Waals surface area contributed by atoms with E-state index in [1.165, 1.54) is 0 Å². The van der Waals surface area contributed by atoms with Gasteiger partial charge in [0.2, 0.25) is 0 Å². The van der Waals surface area contributed by atoms with Crippen LogP contribution in [-0.4, -0.2) is 22.7 Å². The van der Waals surface area contributed by atoms with Crippen molar-refractivity contribution < 1.29 is 15.0 Å². The fourth-order valence-corrected chi connectivity index (χ4v) is 0.628. The van der Waals surface area contributed by atoms with E-state index in [0.717, 1.165) is 5.56 Å². The maximum atomic E-state index is 9.24. The van der Waals surface area contributed by atoms with E-state index in [0.29, 0.717) is 5.75 Å². The first kappa shape index (κ1) is 15.7. The number of carboxylic acid groups (broad SMARTS) is 1. The van der Waals surface area contributed by atoms with Crippen LogP contribution in [0.15, 0.2) is 37.4 Å². The molecule has 0 aliphatic rings. The minimum atomic E-state index is -0.968. The Labute approximate surface area is 89.7 Å². The summed E-state index contributed by atoms with van der Waals surface area (Å²) in [6.45, 7) is 7.67. The molecule has 0 saturated carbocycles. The molecule has 0 spiro atoms. The summed E-state index contributed by atoms with van der Waals surface area (Å²) in [5.74, 6) is -0.630. The molecule has 4 nitrogen and oxygen atoms in total. The van der Waals surface area contributed by atoms with E-state index in [-0.39, 0.29) is 6.54 Å². The van der Waals surface area contributed by atoms with Crippen LogP contribution in [0.5, 0.6) is 5.75 Å². The van der Waals surface area contributed by atoms with Crippen molar-refractivity contribution in [2.75, 3.05) is 6.54 Å². The van der Waals surface area contributed by atoms with Gasteiger partial charge in [-0.3, -0.25) is 4.79 Å². The summed E-state index contributed by atoms with van der Waals surface area (Å²) in [4.78, 5) is 9.24. The van der Waals surface area contributed by atoms with Gasteiger partial charge in [-0.2, -0.15) is 0 Å². The van der Waals surface area contributed by atoms with Crippen LogP contribution in [0.4, 0.5) is 0 Å². The summed E-state index contributed by atoms with van der Waals surface area (Å²) in [5, 5.41) is 16.4. The number of phenols is 1. The zero-order valence-corrected chi connectivity index (χ0v) is 8.81. The zero-order valence-electron chi connectivity index (χ0n) is 8.81. The second kappa shape index (κ2) is 10.3. The van der Waals surface area contributed by atoms with Gasteiger partial charge in [-0.1, -0.05) is 12.1 Å². The number of nitrogens with two attached hydrogens (primary N) is 1. The van der Waals surface area contributed by atoms with Crippen LogP contribution in [0, 0.1) is 6.92 Å². The number of hydrogen-bond acceptors (Lipinski definition) is 3. The first-order valence-corrected chi connectivity index (χ1v) is 4.23. The summed E-state index contributed by atoms with van der Waals surface area (Å²) in [6, 6.07) is 7.15. The summed E-state index contributed by atoms with van der Waals surface area (Å²) in [5.41, 5.74) is 5.66. The molecule has 1 rings (SSSR count). The molecule has 0 unspecified atom stereocenters. The average molecular weight is 211 g/mol. The molecule has 84 valence electrons. The molecule has 15 heavy (non-hydrogen) atoms. The van der Waals surface area contributed by atoms with Crippen molar-refractivity contribution in [2.45, 2.75) is 6.92 Å². The van der Waals surface area contributed by atoms with Crippen LogP contribution in [0.1, 0.15) is 5.56 Å². The van der Waals surface area contributed by atoms with E-state index < -0.39 is 5.97 Å². The Bertz CT molecular complexity index is 270. The first-order chi connectivity index (χ1) is 7.06. The number of aromatic hydroxyl groups is 1. The van der Waals surface area contributed by atoms with Gasteiger partial charge < -0.3 is 15.9 Å². The highest BCUT2D eigenvalue weighted by Gasteiger charge is 1.83. The fourth-order valence-electron chi connectivity index (χ4n) is 0.628. The quantitative estimate of drug-likeness (QED) is 0.615. The second-order valence-electron chi connectivity index (χ2n) is 2.44. The Morgan fingerprint density at radius 1 is 1.47 bits per heavy atom. The topological polar surface area (TPSA) is 83.5 Å². The van der Waals surface area contributed by atoms with Crippen LogP contribution in [-0.2, 0) is 4.79 Å². The third-order valence-corrected chi connectivity index (χ3v) is 1.18. The molecule has 4 N–H and O–H groups in total. The predicted molar refractivity (Wildman–Crippen MR) is 60.8 cm³/mol. The monoisotopic (exact) mass is 211 g/mol. The summed E-state index contributed by atoms with van der Waals surface area (Å²) in [6.07, 6.45) is 0. The molecule has 0 amide bonds. The molecule has 1 aromatic carbocycles. The molecule has 0 aliphatic carbocycles. The summed E-state index contributed by atoms with van der Waals surface area (Å²) >= 11 is 0. The lowest BCUT2D eigenvalue weighted by atomic mass is 10.2. The van der Waals surface area contributed by atoms with E-state index in [9.17, 15) is 4.79 Å². The van der Waals surface area contributed by atoms with Gasteiger partial charge in [0.05, 0.1) is 6.54 Å². The maximum absolute atomic E-state index is 9.24. The van der Waals surface area contributed by atoms with Gasteiger partial charge in [-0.25, -0.2) is 0 Å². The molecule has 0 heterocycles. The Morgan fingerprint density at radius 3 is 2.13 bits per heavy atom. The Hall–Kier alpha value is -1.81. The number of carbonyl (C=O) groups is 1. The molecule has 0 aliphatic heterocycles. The number of aliphatic carboxylic acids is 1. The second-order valence-corrected chi connectivity index (χ2v) is 2.44. The molecule has 0 bridgehead atoms. The van der Waals surface area contributed by atoms with Gasteiger partial charge in [0, 0.05) is 0 Å². The predicted octanol–water partition coefficient (Wildman–Crippen LogP) is 1.53. The van der Waals surface area contributed by atoms with Crippen molar-refractivity contribution >= 4 is 5.97 Å². The fraction of sp³-hybridized carbons (Fsp3) is 0.182. The van der Waals surface area contributed by atoms with Gasteiger partial charge in [-0.05, 0) is 24.6 Å². The molecule has 0 aromatic heterocycles. The van der Waals surface area contributed by atoms with Crippen molar-refractivity contribution in [1.29, 1.82) is 0 Å². The highest BCUT2D eigenvalue weighted by atomic mass is 16.4. The Kier molecular flexibility index (Phi) is 10.7. The lowest BCUT2D eigenvalue weighted by Gasteiger charge is -1.89. The van der Waals surface area contributed by atoms with Crippen molar-refractivity contribution in [2.24, 2.45) is 5.73 Å². The minimum absolute atomic E-state index is 0.278. The highest BCUT2D eigenvalue weighted by molar-refractivity contribution is 5.68. The van der Waals surface area contributed by atoms with Crippen molar-refractivity contribution in [3.8, 4) is 5.75 Å². The van der Waals surface area contributed by atoms with Crippen LogP contribution < -0.4 is 5.73 Å². The maximum Gasteiger partial charge on any atom is 0.317 e. The van der Waals surface area contributed by atoms with E-state index >= 15 is 0 Å². The van der Waals surface area contributed by atoms with E-state index in [2.05, 4.69) is 18.9 Å². The molecular formula is C11H17NO3. The van der Waals surface area contributed by atoms with Gasteiger partial charge in [-0.15, -0.1) is 13.2 Å². The molecule has 1 aromatic rings. The average Bonchev–Trinajstić information content (AvgIpc) is 2.21.